The Bertz CT molecular complexity index is 416. The highest BCUT2D eigenvalue weighted by molar-refractivity contribution is 9.10. The van der Waals surface area contributed by atoms with Gasteiger partial charge in [-0.1, -0.05) is 6.92 Å². The van der Waals surface area contributed by atoms with Gasteiger partial charge in [0.2, 0.25) is 0 Å². The van der Waals surface area contributed by atoms with E-state index >= 15 is 0 Å². The minimum absolute atomic E-state index is 0.00644. The van der Waals surface area contributed by atoms with Gasteiger partial charge in [0, 0.05) is 30.9 Å². The average Bonchev–Trinajstić information content (AvgIpc) is 2.39. The second-order valence-corrected chi connectivity index (χ2v) is 5.36. The fourth-order valence-corrected chi connectivity index (χ4v) is 2.57. The highest BCUT2D eigenvalue weighted by atomic mass is 79.9. The summed E-state index contributed by atoms with van der Waals surface area (Å²) in [7, 11) is 0. The second-order valence-electron chi connectivity index (χ2n) is 4.55. The fourth-order valence-electron chi connectivity index (χ4n) is 2.21. The van der Waals surface area contributed by atoms with Crippen LogP contribution >= 0.6 is 15.9 Å². The molecule has 0 unspecified atom stereocenters. The highest BCUT2D eigenvalue weighted by Crippen LogP contribution is 2.12. The first kappa shape index (κ1) is 13.5. The summed E-state index contributed by atoms with van der Waals surface area (Å²) in [6, 6.07) is 3.78. The van der Waals surface area contributed by atoms with Gasteiger partial charge in [-0.3, -0.25) is 4.79 Å². The molecule has 1 saturated heterocycles. The van der Waals surface area contributed by atoms with Crippen molar-refractivity contribution < 1.29 is 4.79 Å². The van der Waals surface area contributed by atoms with E-state index < -0.39 is 0 Å². The minimum atomic E-state index is -0.00644. The molecule has 0 aromatic carbocycles. The molecule has 0 aliphatic carbocycles. The molecule has 1 aliphatic rings. The molecule has 0 radical (unpaired) electrons. The van der Waals surface area contributed by atoms with E-state index in [1.54, 1.807) is 18.3 Å². The zero-order chi connectivity index (χ0) is 13.0. The molecular formula is C13H18BrN3O. The van der Waals surface area contributed by atoms with Gasteiger partial charge in [-0.15, -0.1) is 0 Å². The van der Waals surface area contributed by atoms with Gasteiger partial charge in [0.1, 0.15) is 4.60 Å². The summed E-state index contributed by atoms with van der Waals surface area (Å²) < 4.78 is 0.691. The van der Waals surface area contributed by atoms with Crippen molar-refractivity contribution in [2.24, 2.45) is 0 Å². The summed E-state index contributed by atoms with van der Waals surface area (Å²) in [6.07, 6.45) is 3.70. The molecule has 0 spiro atoms. The SMILES string of the molecule is CCN1CCC(NC(=O)c2ccnc(Br)c2)CC1. The fraction of sp³-hybridized carbons (Fsp3) is 0.538. The third kappa shape index (κ3) is 3.53. The van der Waals surface area contributed by atoms with Gasteiger partial charge in [0.15, 0.2) is 0 Å². The number of carbonyl (C=O) groups is 1. The molecule has 1 N–H and O–H groups in total. The van der Waals surface area contributed by atoms with Crippen molar-refractivity contribution in [1.29, 1.82) is 0 Å². The number of nitrogens with zero attached hydrogens (tertiary/aromatic N) is 2. The van der Waals surface area contributed by atoms with Crippen molar-refractivity contribution in [3.8, 4) is 0 Å². The maximum atomic E-state index is 12.0. The Labute approximate surface area is 116 Å². The largest absolute Gasteiger partial charge is 0.349 e. The number of likely N-dealkylation sites (tertiary alicyclic amines) is 1. The first-order valence-electron chi connectivity index (χ1n) is 6.34. The Morgan fingerprint density at radius 2 is 2.28 bits per heavy atom. The summed E-state index contributed by atoms with van der Waals surface area (Å²) in [6.45, 7) is 5.41. The van der Waals surface area contributed by atoms with Crippen LogP contribution in [0.15, 0.2) is 22.9 Å². The number of aromatic nitrogens is 1. The number of hydrogen-bond acceptors (Lipinski definition) is 3. The number of amides is 1. The van der Waals surface area contributed by atoms with Gasteiger partial charge in [-0.2, -0.15) is 0 Å². The Balaban J connectivity index is 1.89. The lowest BCUT2D eigenvalue weighted by Crippen LogP contribution is -2.44. The molecule has 0 bridgehead atoms. The van der Waals surface area contributed by atoms with Crippen LogP contribution in [0.3, 0.4) is 0 Å². The molecule has 98 valence electrons. The Morgan fingerprint density at radius 3 is 2.89 bits per heavy atom. The number of nitrogens with one attached hydrogen (secondary N) is 1. The quantitative estimate of drug-likeness (QED) is 0.869. The Kier molecular flexibility index (Phi) is 4.72. The van der Waals surface area contributed by atoms with Crippen LogP contribution in [0.1, 0.15) is 30.1 Å². The molecule has 1 amide bonds. The third-order valence-corrected chi connectivity index (χ3v) is 3.79. The standard InChI is InChI=1S/C13H18BrN3O/c1-2-17-7-4-11(5-8-17)16-13(18)10-3-6-15-12(14)9-10/h3,6,9,11H,2,4-5,7-8H2,1H3,(H,16,18). The summed E-state index contributed by atoms with van der Waals surface area (Å²) in [5, 5.41) is 3.09. The van der Waals surface area contributed by atoms with Gasteiger partial charge in [0.05, 0.1) is 0 Å². The zero-order valence-electron chi connectivity index (χ0n) is 10.5. The summed E-state index contributed by atoms with van der Waals surface area (Å²) in [5.74, 6) is -0.00644. The van der Waals surface area contributed by atoms with Crippen LogP contribution in [0, 0.1) is 0 Å². The van der Waals surface area contributed by atoms with Crippen molar-refractivity contribution in [2.45, 2.75) is 25.8 Å². The monoisotopic (exact) mass is 311 g/mol. The van der Waals surface area contributed by atoms with Crippen molar-refractivity contribution in [3.63, 3.8) is 0 Å². The van der Waals surface area contributed by atoms with Gasteiger partial charge < -0.3 is 10.2 Å². The Morgan fingerprint density at radius 1 is 1.56 bits per heavy atom. The molecule has 1 aliphatic heterocycles. The minimum Gasteiger partial charge on any atom is -0.349 e. The number of pyridine rings is 1. The van der Waals surface area contributed by atoms with Crippen LogP contribution in [0.2, 0.25) is 0 Å². The molecular weight excluding hydrogens is 294 g/mol. The first-order chi connectivity index (χ1) is 8.69. The summed E-state index contributed by atoms with van der Waals surface area (Å²) in [4.78, 5) is 18.5. The normalized spacial score (nSPS) is 17.7. The predicted molar refractivity (Wildman–Crippen MR) is 74.5 cm³/mol. The van der Waals surface area contributed by atoms with E-state index in [0.29, 0.717) is 16.2 Å². The molecule has 0 atom stereocenters. The molecule has 1 aromatic rings. The van der Waals surface area contributed by atoms with E-state index in [4.69, 9.17) is 0 Å². The number of carbonyl (C=O) groups excluding carboxylic acids is 1. The number of halogens is 1. The lowest BCUT2D eigenvalue weighted by molar-refractivity contribution is 0.0912. The molecule has 18 heavy (non-hydrogen) atoms. The molecule has 4 nitrogen and oxygen atoms in total. The van der Waals surface area contributed by atoms with Gasteiger partial charge in [-0.25, -0.2) is 4.98 Å². The Hall–Kier alpha value is -0.940. The topological polar surface area (TPSA) is 45.2 Å². The number of hydrogen-bond donors (Lipinski definition) is 1. The van der Waals surface area contributed by atoms with E-state index in [0.717, 1.165) is 32.5 Å². The molecule has 0 saturated carbocycles. The highest BCUT2D eigenvalue weighted by Gasteiger charge is 2.20. The van der Waals surface area contributed by atoms with Crippen LogP contribution in [-0.2, 0) is 0 Å². The van der Waals surface area contributed by atoms with Crippen LogP contribution in [0.4, 0.5) is 0 Å². The van der Waals surface area contributed by atoms with Crippen molar-refractivity contribution in [3.05, 3.63) is 28.5 Å². The van der Waals surface area contributed by atoms with Crippen molar-refractivity contribution in [1.82, 2.24) is 15.2 Å². The lowest BCUT2D eigenvalue weighted by Gasteiger charge is -2.31. The molecule has 1 aromatic heterocycles. The van der Waals surface area contributed by atoms with E-state index in [2.05, 4.69) is 38.1 Å². The van der Waals surface area contributed by atoms with Crippen LogP contribution in [0.25, 0.3) is 0 Å². The number of piperidine rings is 1. The van der Waals surface area contributed by atoms with E-state index in [-0.39, 0.29) is 5.91 Å². The van der Waals surface area contributed by atoms with E-state index in [1.165, 1.54) is 0 Å². The van der Waals surface area contributed by atoms with Crippen molar-refractivity contribution >= 4 is 21.8 Å². The average molecular weight is 312 g/mol. The maximum Gasteiger partial charge on any atom is 0.251 e. The zero-order valence-corrected chi connectivity index (χ0v) is 12.1. The van der Waals surface area contributed by atoms with Crippen molar-refractivity contribution in [2.75, 3.05) is 19.6 Å². The van der Waals surface area contributed by atoms with Crippen LogP contribution < -0.4 is 5.32 Å². The second kappa shape index (κ2) is 6.29. The third-order valence-electron chi connectivity index (χ3n) is 3.36. The predicted octanol–water partition coefficient (Wildman–Crippen LogP) is 2.06. The van der Waals surface area contributed by atoms with Gasteiger partial charge in [-0.05, 0) is 47.4 Å². The molecule has 5 heteroatoms. The van der Waals surface area contributed by atoms with Gasteiger partial charge in [0.25, 0.3) is 5.91 Å². The van der Waals surface area contributed by atoms with E-state index in [1.807, 2.05) is 0 Å². The lowest BCUT2D eigenvalue weighted by atomic mass is 10.0. The van der Waals surface area contributed by atoms with Crippen LogP contribution in [0.5, 0.6) is 0 Å². The number of rotatable bonds is 3. The smallest absolute Gasteiger partial charge is 0.251 e. The first-order valence-corrected chi connectivity index (χ1v) is 7.13. The molecule has 2 rings (SSSR count). The summed E-state index contributed by atoms with van der Waals surface area (Å²) >= 11 is 3.28. The molecule has 1 fully saturated rings. The maximum absolute atomic E-state index is 12.0. The van der Waals surface area contributed by atoms with E-state index in [9.17, 15) is 4.79 Å². The summed E-state index contributed by atoms with van der Waals surface area (Å²) in [5.41, 5.74) is 0.662. The van der Waals surface area contributed by atoms with Crippen LogP contribution in [-0.4, -0.2) is 41.5 Å². The van der Waals surface area contributed by atoms with Gasteiger partial charge >= 0.3 is 0 Å². The molecule has 2 heterocycles.